The van der Waals surface area contributed by atoms with Crippen molar-refractivity contribution >= 4 is 17.3 Å². The maximum Gasteiger partial charge on any atom is 0.311 e. The second kappa shape index (κ2) is 5.18. The highest BCUT2D eigenvalue weighted by Gasteiger charge is 2.20. The summed E-state index contributed by atoms with van der Waals surface area (Å²) in [6.07, 6.45) is 3.04. The summed E-state index contributed by atoms with van der Waals surface area (Å²) in [7, 11) is 0. The summed E-state index contributed by atoms with van der Waals surface area (Å²) in [5.74, 6) is 0.459. The lowest BCUT2D eigenvalue weighted by Crippen LogP contribution is -2.28. The van der Waals surface area contributed by atoms with Crippen molar-refractivity contribution in [2.24, 2.45) is 0 Å². The number of aromatic nitrogens is 1. The van der Waals surface area contributed by atoms with Crippen LogP contribution in [-0.4, -0.2) is 27.2 Å². The van der Waals surface area contributed by atoms with Gasteiger partial charge in [0.2, 0.25) is 5.82 Å². The maximum atomic E-state index is 10.6. The lowest BCUT2D eigenvalue weighted by Gasteiger charge is -2.26. The maximum absolute atomic E-state index is 10.6. The first-order chi connectivity index (χ1) is 8.56. The smallest absolute Gasteiger partial charge is 0.311 e. The molecule has 1 fully saturated rings. The van der Waals surface area contributed by atoms with E-state index in [9.17, 15) is 15.2 Å². The third-order valence-electron chi connectivity index (χ3n) is 3.15. The molecule has 18 heavy (non-hydrogen) atoms. The highest BCUT2D eigenvalue weighted by atomic mass is 16.6. The molecule has 0 unspecified atom stereocenters. The lowest BCUT2D eigenvalue weighted by molar-refractivity contribution is -0.384. The van der Waals surface area contributed by atoms with Gasteiger partial charge < -0.3 is 16.2 Å². The number of nitrogens with two attached hydrogens (primary N) is 1. The molecule has 1 aliphatic carbocycles. The topological polar surface area (TPSA) is 114 Å². The number of nitrogens with one attached hydrogen (secondary N) is 1. The minimum atomic E-state index is -0.553. The Morgan fingerprint density at radius 2 is 2.06 bits per heavy atom. The van der Waals surface area contributed by atoms with Crippen molar-refractivity contribution in [1.29, 1.82) is 0 Å². The SMILES string of the molecule is Nc1nc(NC2CCC(O)CC2)ccc1[N+](=O)[O-]. The van der Waals surface area contributed by atoms with Crippen LogP contribution in [0.5, 0.6) is 0 Å². The van der Waals surface area contributed by atoms with Gasteiger partial charge in [-0.05, 0) is 31.7 Å². The molecule has 0 radical (unpaired) electrons. The van der Waals surface area contributed by atoms with Gasteiger partial charge in [-0.1, -0.05) is 0 Å². The van der Waals surface area contributed by atoms with Crippen LogP contribution in [0.25, 0.3) is 0 Å². The number of rotatable bonds is 3. The molecule has 4 N–H and O–H groups in total. The summed E-state index contributed by atoms with van der Waals surface area (Å²) in [6, 6.07) is 3.14. The van der Waals surface area contributed by atoms with E-state index in [1.54, 1.807) is 6.07 Å². The Balaban J connectivity index is 2.02. The summed E-state index contributed by atoms with van der Waals surface area (Å²) in [4.78, 5) is 14.0. The van der Waals surface area contributed by atoms with Gasteiger partial charge in [0.15, 0.2) is 0 Å². The molecule has 1 aliphatic rings. The van der Waals surface area contributed by atoms with Crippen LogP contribution in [-0.2, 0) is 0 Å². The molecule has 98 valence electrons. The number of aliphatic hydroxyl groups is 1. The molecular weight excluding hydrogens is 236 g/mol. The molecule has 0 saturated heterocycles. The summed E-state index contributed by atoms with van der Waals surface area (Å²) < 4.78 is 0. The van der Waals surface area contributed by atoms with Gasteiger partial charge in [-0.15, -0.1) is 0 Å². The zero-order valence-electron chi connectivity index (χ0n) is 9.87. The van der Waals surface area contributed by atoms with E-state index < -0.39 is 4.92 Å². The number of nitro groups is 1. The van der Waals surface area contributed by atoms with E-state index in [4.69, 9.17) is 5.73 Å². The van der Waals surface area contributed by atoms with Crippen LogP contribution in [0.3, 0.4) is 0 Å². The number of aliphatic hydroxyl groups excluding tert-OH is 1. The fourth-order valence-corrected chi connectivity index (χ4v) is 2.13. The first kappa shape index (κ1) is 12.6. The third kappa shape index (κ3) is 2.86. The Hall–Kier alpha value is -1.89. The molecule has 1 aromatic heterocycles. The van der Waals surface area contributed by atoms with Crippen molar-refractivity contribution in [3.8, 4) is 0 Å². The Morgan fingerprint density at radius 1 is 1.39 bits per heavy atom. The first-order valence-electron chi connectivity index (χ1n) is 5.92. The van der Waals surface area contributed by atoms with Crippen molar-refractivity contribution in [2.75, 3.05) is 11.1 Å². The van der Waals surface area contributed by atoms with E-state index in [2.05, 4.69) is 10.3 Å². The van der Waals surface area contributed by atoms with Crippen LogP contribution in [0.1, 0.15) is 25.7 Å². The molecule has 0 aliphatic heterocycles. The number of nitrogens with zero attached hydrogens (tertiary/aromatic N) is 2. The minimum absolute atomic E-state index is 0.0826. The van der Waals surface area contributed by atoms with Crippen LogP contribution in [0.4, 0.5) is 17.3 Å². The Morgan fingerprint density at radius 3 is 2.61 bits per heavy atom. The molecule has 7 heteroatoms. The predicted molar refractivity (Wildman–Crippen MR) is 67.2 cm³/mol. The summed E-state index contributed by atoms with van der Waals surface area (Å²) in [6.45, 7) is 0. The molecule has 1 heterocycles. The van der Waals surface area contributed by atoms with E-state index in [-0.39, 0.29) is 23.7 Å². The predicted octanol–water partition coefficient (Wildman–Crippen LogP) is 1.29. The number of pyridine rings is 1. The Labute approximate surface area is 104 Å². The highest BCUT2D eigenvalue weighted by molar-refractivity contribution is 5.57. The van der Waals surface area contributed by atoms with E-state index in [1.807, 2.05) is 0 Å². The Bertz CT molecular complexity index is 444. The van der Waals surface area contributed by atoms with Gasteiger partial charge in [0, 0.05) is 12.1 Å². The molecule has 0 aromatic carbocycles. The van der Waals surface area contributed by atoms with Gasteiger partial charge in [0.1, 0.15) is 5.82 Å². The third-order valence-corrected chi connectivity index (χ3v) is 3.15. The Kier molecular flexibility index (Phi) is 3.61. The van der Waals surface area contributed by atoms with E-state index in [1.165, 1.54) is 6.07 Å². The van der Waals surface area contributed by atoms with Gasteiger partial charge in [-0.2, -0.15) is 0 Å². The zero-order valence-corrected chi connectivity index (χ0v) is 9.87. The molecule has 0 atom stereocenters. The van der Waals surface area contributed by atoms with Crippen molar-refractivity contribution in [3.63, 3.8) is 0 Å². The largest absolute Gasteiger partial charge is 0.393 e. The van der Waals surface area contributed by atoms with Gasteiger partial charge in [0.25, 0.3) is 0 Å². The van der Waals surface area contributed by atoms with E-state index >= 15 is 0 Å². The average molecular weight is 252 g/mol. The highest BCUT2D eigenvalue weighted by Crippen LogP contribution is 2.24. The number of hydrogen-bond acceptors (Lipinski definition) is 6. The quantitative estimate of drug-likeness (QED) is 0.551. The first-order valence-corrected chi connectivity index (χ1v) is 5.92. The molecular formula is C11H16N4O3. The van der Waals surface area contributed by atoms with Gasteiger partial charge in [-0.3, -0.25) is 10.1 Å². The van der Waals surface area contributed by atoms with Crippen LogP contribution >= 0.6 is 0 Å². The summed E-state index contributed by atoms with van der Waals surface area (Å²) >= 11 is 0. The lowest BCUT2D eigenvalue weighted by atomic mass is 9.93. The molecule has 0 spiro atoms. The second-order valence-corrected chi connectivity index (χ2v) is 4.51. The molecule has 1 saturated carbocycles. The summed E-state index contributed by atoms with van der Waals surface area (Å²) in [5, 5.41) is 23.2. The molecule has 0 amide bonds. The standard InChI is InChI=1S/C11H16N4O3/c12-11-9(15(17)18)5-6-10(14-11)13-7-1-3-8(16)4-2-7/h5-8,16H,1-4H2,(H3,12,13,14). The normalized spacial score (nSPS) is 23.6. The fourth-order valence-electron chi connectivity index (χ4n) is 2.13. The fraction of sp³-hybridized carbons (Fsp3) is 0.545. The van der Waals surface area contributed by atoms with E-state index in [0.29, 0.717) is 5.82 Å². The number of hydrogen-bond donors (Lipinski definition) is 3. The molecule has 2 rings (SSSR count). The number of anilines is 2. The van der Waals surface area contributed by atoms with Crippen molar-refractivity contribution in [3.05, 3.63) is 22.2 Å². The van der Waals surface area contributed by atoms with Gasteiger partial charge in [0.05, 0.1) is 11.0 Å². The minimum Gasteiger partial charge on any atom is -0.393 e. The average Bonchev–Trinajstić information content (AvgIpc) is 2.32. The molecule has 0 bridgehead atoms. The van der Waals surface area contributed by atoms with Crippen molar-refractivity contribution in [1.82, 2.24) is 4.98 Å². The zero-order chi connectivity index (χ0) is 13.1. The second-order valence-electron chi connectivity index (χ2n) is 4.51. The van der Waals surface area contributed by atoms with E-state index in [0.717, 1.165) is 25.7 Å². The van der Waals surface area contributed by atoms with Crippen LogP contribution in [0, 0.1) is 10.1 Å². The van der Waals surface area contributed by atoms with Crippen LogP contribution in [0.15, 0.2) is 12.1 Å². The van der Waals surface area contributed by atoms with Crippen molar-refractivity contribution < 1.29 is 10.0 Å². The molecule has 7 nitrogen and oxygen atoms in total. The van der Waals surface area contributed by atoms with Gasteiger partial charge in [-0.25, -0.2) is 4.98 Å². The van der Waals surface area contributed by atoms with Crippen LogP contribution in [0.2, 0.25) is 0 Å². The van der Waals surface area contributed by atoms with Crippen LogP contribution < -0.4 is 11.1 Å². The molecule has 1 aromatic rings. The monoisotopic (exact) mass is 252 g/mol. The van der Waals surface area contributed by atoms with Crippen molar-refractivity contribution in [2.45, 2.75) is 37.8 Å². The summed E-state index contributed by atoms with van der Waals surface area (Å²) in [5.41, 5.74) is 5.34. The van der Waals surface area contributed by atoms with Gasteiger partial charge >= 0.3 is 5.69 Å². The number of nitrogen functional groups attached to an aromatic ring is 1.